The average molecular weight is 288 g/mol. The zero-order valence-electron chi connectivity index (χ0n) is 13.4. The Morgan fingerprint density at radius 2 is 2.05 bits per heavy atom. The number of hydrogen-bond acceptors (Lipinski definition) is 4. The van der Waals surface area contributed by atoms with Crippen molar-refractivity contribution < 1.29 is 0 Å². The topological polar surface area (TPSA) is 31.4 Å². The van der Waals surface area contributed by atoms with Crippen LogP contribution in [0.4, 0.5) is 0 Å². The Morgan fingerprint density at radius 3 is 2.86 bits per heavy atom. The fourth-order valence-corrected chi connectivity index (χ4v) is 3.12. The summed E-state index contributed by atoms with van der Waals surface area (Å²) in [5, 5.41) is 3.55. The lowest BCUT2D eigenvalue weighted by Gasteiger charge is -2.27. The van der Waals surface area contributed by atoms with Gasteiger partial charge in [-0.15, -0.1) is 0 Å². The maximum atomic E-state index is 4.83. The van der Waals surface area contributed by atoms with E-state index in [-0.39, 0.29) is 0 Å². The number of aromatic nitrogens is 1. The molecule has 3 rings (SSSR count). The number of hydrogen-bond donors (Lipinski definition) is 1. The minimum absolute atomic E-state index is 0.604. The second kappa shape index (κ2) is 6.86. The molecule has 4 heteroatoms. The Kier molecular flexibility index (Phi) is 4.88. The second-order valence-corrected chi connectivity index (χ2v) is 6.71. The van der Waals surface area contributed by atoms with E-state index >= 15 is 0 Å². The fraction of sp³-hybridized carbons (Fsp3) is 0.706. The summed E-state index contributed by atoms with van der Waals surface area (Å²) in [5.41, 5.74) is 2.39. The summed E-state index contributed by atoms with van der Waals surface area (Å²) in [4.78, 5) is 9.84. The molecule has 0 amide bonds. The molecule has 1 saturated heterocycles. The summed E-state index contributed by atoms with van der Waals surface area (Å²) < 4.78 is 0. The van der Waals surface area contributed by atoms with Crippen molar-refractivity contribution in [3.05, 3.63) is 29.6 Å². The van der Waals surface area contributed by atoms with Crippen molar-refractivity contribution in [3.8, 4) is 0 Å². The molecule has 21 heavy (non-hydrogen) atoms. The molecule has 2 fully saturated rings. The number of pyridine rings is 1. The normalized spacial score (nSPS) is 25.0. The Bertz CT molecular complexity index is 458. The molecule has 2 heterocycles. The highest BCUT2D eigenvalue weighted by Gasteiger charge is 2.21. The van der Waals surface area contributed by atoms with Crippen molar-refractivity contribution in [3.63, 3.8) is 0 Å². The van der Waals surface area contributed by atoms with Gasteiger partial charge in [0.05, 0.1) is 11.4 Å². The van der Waals surface area contributed by atoms with Crippen LogP contribution in [0, 0.1) is 0 Å². The molecule has 1 aromatic heterocycles. The van der Waals surface area contributed by atoms with E-state index in [1.54, 1.807) is 0 Å². The first kappa shape index (κ1) is 14.9. The largest absolute Gasteiger partial charge is 0.308 e. The quantitative estimate of drug-likeness (QED) is 0.896. The van der Waals surface area contributed by atoms with E-state index in [1.807, 2.05) is 0 Å². The van der Waals surface area contributed by atoms with E-state index in [0.29, 0.717) is 6.04 Å². The van der Waals surface area contributed by atoms with Crippen molar-refractivity contribution in [1.29, 1.82) is 0 Å². The van der Waals surface area contributed by atoms with Gasteiger partial charge in [-0.25, -0.2) is 0 Å². The lowest BCUT2D eigenvalue weighted by Crippen LogP contribution is -2.37. The van der Waals surface area contributed by atoms with Gasteiger partial charge in [0, 0.05) is 38.3 Å². The number of nitrogens with zero attached hydrogens (tertiary/aromatic N) is 3. The average Bonchev–Trinajstić information content (AvgIpc) is 3.28. The molecule has 1 unspecified atom stereocenters. The van der Waals surface area contributed by atoms with Crippen molar-refractivity contribution in [2.24, 2.45) is 0 Å². The van der Waals surface area contributed by atoms with E-state index < -0.39 is 0 Å². The predicted octanol–water partition coefficient (Wildman–Crippen LogP) is 1.86. The van der Waals surface area contributed by atoms with Crippen LogP contribution in [0.2, 0.25) is 0 Å². The molecule has 0 aromatic carbocycles. The third kappa shape index (κ3) is 4.50. The van der Waals surface area contributed by atoms with Gasteiger partial charge in [-0.3, -0.25) is 9.88 Å². The van der Waals surface area contributed by atoms with Crippen LogP contribution in [0.15, 0.2) is 18.2 Å². The summed E-state index contributed by atoms with van der Waals surface area (Å²) in [7, 11) is 2.22. The second-order valence-electron chi connectivity index (χ2n) is 6.71. The van der Waals surface area contributed by atoms with Crippen molar-refractivity contribution in [1.82, 2.24) is 20.1 Å². The van der Waals surface area contributed by atoms with E-state index in [1.165, 1.54) is 43.7 Å². The molecule has 1 saturated carbocycles. The van der Waals surface area contributed by atoms with E-state index in [2.05, 4.69) is 47.3 Å². The van der Waals surface area contributed by atoms with Crippen LogP contribution in [0.3, 0.4) is 0 Å². The summed E-state index contributed by atoms with van der Waals surface area (Å²) in [6.07, 6.45) is 3.92. The Hall–Kier alpha value is -0.970. The standard InChI is InChI=1S/C17H28N4/c1-14-12-20(2)9-4-10-21(14)13-17-6-3-5-16(19-17)11-18-15-7-8-15/h3,5-6,14-15,18H,4,7-13H2,1-2H3. The van der Waals surface area contributed by atoms with Crippen LogP contribution in [0.25, 0.3) is 0 Å². The van der Waals surface area contributed by atoms with E-state index in [4.69, 9.17) is 4.98 Å². The van der Waals surface area contributed by atoms with Crippen LogP contribution >= 0.6 is 0 Å². The molecule has 1 aliphatic heterocycles. The molecule has 0 bridgehead atoms. The smallest absolute Gasteiger partial charge is 0.0547 e. The minimum atomic E-state index is 0.604. The van der Waals surface area contributed by atoms with Gasteiger partial charge in [0.1, 0.15) is 0 Å². The summed E-state index contributed by atoms with van der Waals surface area (Å²) in [6.45, 7) is 7.77. The van der Waals surface area contributed by atoms with Crippen LogP contribution in [-0.2, 0) is 13.1 Å². The Labute approximate surface area is 128 Å². The molecule has 0 radical (unpaired) electrons. The molecular weight excluding hydrogens is 260 g/mol. The highest BCUT2D eigenvalue weighted by molar-refractivity contribution is 5.11. The zero-order chi connectivity index (χ0) is 14.7. The van der Waals surface area contributed by atoms with Crippen molar-refractivity contribution >= 4 is 0 Å². The fourth-order valence-electron chi connectivity index (χ4n) is 3.12. The van der Waals surface area contributed by atoms with E-state index in [0.717, 1.165) is 25.7 Å². The first-order valence-corrected chi connectivity index (χ1v) is 8.31. The van der Waals surface area contributed by atoms with Crippen LogP contribution < -0.4 is 5.32 Å². The van der Waals surface area contributed by atoms with Crippen molar-refractivity contribution in [2.75, 3.05) is 26.7 Å². The number of nitrogens with one attached hydrogen (secondary N) is 1. The highest BCUT2D eigenvalue weighted by atomic mass is 15.2. The lowest BCUT2D eigenvalue weighted by molar-refractivity contribution is 0.192. The molecular formula is C17H28N4. The van der Waals surface area contributed by atoms with Crippen LogP contribution in [0.1, 0.15) is 37.6 Å². The van der Waals surface area contributed by atoms with Crippen LogP contribution in [0.5, 0.6) is 0 Å². The number of rotatable bonds is 5. The summed E-state index contributed by atoms with van der Waals surface area (Å²) in [6, 6.07) is 7.81. The zero-order valence-corrected chi connectivity index (χ0v) is 13.4. The summed E-state index contributed by atoms with van der Waals surface area (Å²) in [5.74, 6) is 0. The van der Waals surface area contributed by atoms with Gasteiger partial charge in [0.2, 0.25) is 0 Å². The molecule has 1 aromatic rings. The first-order chi connectivity index (χ1) is 10.2. The number of likely N-dealkylation sites (N-methyl/N-ethyl adjacent to an activating group) is 1. The monoisotopic (exact) mass is 288 g/mol. The SMILES string of the molecule is CC1CN(C)CCCN1Cc1cccc(CNC2CC2)n1. The molecule has 1 atom stereocenters. The van der Waals surface area contributed by atoms with Gasteiger partial charge in [-0.1, -0.05) is 6.07 Å². The maximum Gasteiger partial charge on any atom is 0.0547 e. The van der Waals surface area contributed by atoms with Gasteiger partial charge in [-0.2, -0.15) is 0 Å². The van der Waals surface area contributed by atoms with Gasteiger partial charge >= 0.3 is 0 Å². The van der Waals surface area contributed by atoms with Crippen LogP contribution in [-0.4, -0.2) is 53.5 Å². The molecule has 1 aliphatic carbocycles. The van der Waals surface area contributed by atoms with E-state index in [9.17, 15) is 0 Å². The van der Waals surface area contributed by atoms with Crippen molar-refractivity contribution in [2.45, 2.75) is 51.4 Å². The minimum Gasteiger partial charge on any atom is -0.308 e. The third-order valence-corrected chi connectivity index (χ3v) is 4.56. The Balaban J connectivity index is 1.58. The Morgan fingerprint density at radius 1 is 1.24 bits per heavy atom. The first-order valence-electron chi connectivity index (χ1n) is 8.31. The molecule has 1 N–H and O–H groups in total. The molecule has 116 valence electrons. The van der Waals surface area contributed by atoms with Gasteiger partial charge < -0.3 is 10.2 Å². The predicted molar refractivity (Wildman–Crippen MR) is 86.1 cm³/mol. The maximum absolute atomic E-state index is 4.83. The molecule has 2 aliphatic rings. The highest BCUT2D eigenvalue weighted by Crippen LogP contribution is 2.19. The third-order valence-electron chi connectivity index (χ3n) is 4.56. The van der Waals surface area contributed by atoms with Gasteiger partial charge in [-0.05, 0) is 51.9 Å². The molecule has 0 spiro atoms. The summed E-state index contributed by atoms with van der Waals surface area (Å²) >= 11 is 0. The lowest BCUT2D eigenvalue weighted by atomic mass is 10.2. The van der Waals surface area contributed by atoms with Gasteiger partial charge in [0.15, 0.2) is 0 Å². The van der Waals surface area contributed by atoms with Gasteiger partial charge in [0.25, 0.3) is 0 Å². The molecule has 4 nitrogen and oxygen atoms in total.